The number of hydrogen-bond donors (Lipinski definition) is 2. The lowest BCUT2D eigenvalue weighted by Gasteiger charge is -2.43. The largest absolute Gasteiger partial charge is 0.475 e. The monoisotopic (exact) mass is 301 g/mol. The van der Waals surface area contributed by atoms with E-state index >= 15 is 0 Å². The highest BCUT2D eigenvalue weighted by Crippen LogP contribution is 2.24. The van der Waals surface area contributed by atoms with Gasteiger partial charge in [-0.3, -0.25) is 14.6 Å². The van der Waals surface area contributed by atoms with E-state index in [1.807, 2.05) is 35.0 Å². The fourth-order valence-electron chi connectivity index (χ4n) is 2.65. The van der Waals surface area contributed by atoms with E-state index in [9.17, 15) is 14.7 Å². The van der Waals surface area contributed by atoms with E-state index in [0.717, 1.165) is 25.7 Å². The normalized spacial score (nSPS) is 16.1. The molecular formula is C16H33N2O3+. The van der Waals surface area contributed by atoms with Crippen LogP contribution in [0.25, 0.3) is 0 Å². The minimum Gasteiger partial charge on any atom is -0.475 e. The molecule has 0 spiro atoms. The number of carboxylic acid groups (broad SMARTS) is 1. The molecule has 0 saturated heterocycles. The van der Waals surface area contributed by atoms with E-state index in [1.54, 1.807) is 0 Å². The summed E-state index contributed by atoms with van der Waals surface area (Å²) in [5.41, 5.74) is -1.26. The van der Waals surface area contributed by atoms with Gasteiger partial charge in [-0.05, 0) is 19.3 Å². The van der Waals surface area contributed by atoms with Crippen LogP contribution < -0.4 is 5.32 Å². The van der Waals surface area contributed by atoms with Crippen molar-refractivity contribution in [2.75, 3.05) is 21.1 Å². The zero-order valence-corrected chi connectivity index (χ0v) is 14.5. The SMILES string of the molecule is CCCCC(CC)C(=O)NC(CCC)(C(=O)O)[N+](C)(C)C. The number of carbonyl (C=O) groups is 2. The van der Waals surface area contributed by atoms with Crippen molar-refractivity contribution >= 4 is 11.9 Å². The second kappa shape index (κ2) is 8.37. The maximum Gasteiger partial charge on any atom is 0.388 e. The summed E-state index contributed by atoms with van der Waals surface area (Å²) in [5, 5.41) is 12.6. The van der Waals surface area contributed by atoms with Crippen molar-refractivity contribution in [2.24, 2.45) is 5.92 Å². The van der Waals surface area contributed by atoms with Gasteiger partial charge in [-0.1, -0.05) is 33.6 Å². The van der Waals surface area contributed by atoms with Crippen molar-refractivity contribution in [3.8, 4) is 0 Å². The minimum absolute atomic E-state index is 0.105. The van der Waals surface area contributed by atoms with Crippen LogP contribution in [0.3, 0.4) is 0 Å². The number of carboxylic acids is 1. The molecule has 2 atom stereocenters. The van der Waals surface area contributed by atoms with E-state index in [-0.39, 0.29) is 16.3 Å². The molecule has 2 unspecified atom stereocenters. The molecule has 0 fully saturated rings. The molecule has 0 rings (SSSR count). The second-order valence-electron chi connectivity index (χ2n) is 6.66. The number of unbranched alkanes of at least 4 members (excludes halogenated alkanes) is 1. The van der Waals surface area contributed by atoms with Crippen LogP contribution in [-0.4, -0.2) is 48.3 Å². The van der Waals surface area contributed by atoms with Gasteiger partial charge in [0.2, 0.25) is 5.91 Å². The smallest absolute Gasteiger partial charge is 0.388 e. The number of carbonyl (C=O) groups excluding carboxylic acids is 1. The Hall–Kier alpha value is -1.10. The van der Waals surface area contributed by atoms with Crippen LogP contribution >= 0.6 is 0 Å². The zero-order valence-electron chi connectivity index (χ0n) is 14.5. The molecule has 0 aromatic heterocycles. The van der Waals surface area contributed by atoms with Crippen molar-refractivity contribution in [3.63, 3.8) is 0 Å². The number of hydrogen-bond acceptors (Lipinski definition) is 2. The molecule has 0 aromatic rings. The standard InChI is InChI=1S/C16H32N2O3/c1-7-10-11-13(9-3)14(19)17-16(12-8-2,15(20)21)18(4,5)6/h13H,7-12H2,1-6H3,(H-,17,19,20,21)/p+1. The number of quaternary nitrogens is 1. The Morgan fingerprint density at radius 1 is 1.14 bits per heavy atom. The Morgan fingerprint density at radius 2 is 1.71 bits per heavy atom. The number of nitrogens with zero attached hydrogens (tertiary/aromatic N) is 1. The number of nitrogens with one attached hydrogen (secondary N) is 1. The third-order valence-electron chi connectivity index (χ3n) is 4.21. The van der Waals surface area contributed by atoms with Crippen LogP contribution in [-0.2, 0) is 9.59 Å². The van der Waals surface area contributed by atoms with E-state index in [4.69, 9.17) is 0 Å². The van der Waals surface area contributed by atoms with E-state index in [2.05, 4.69) is 12.2 Å². The first kappa shape index (κ1) is 19.9. The molecule has 0 aliphatic carbocycles. The van der Waals surface area contributed by atoms with Crippen LogP contribution in [0.15, 0.2) is 0 Å². The molecule has 0 saturated carbocycles. The van der Waals surface area contributed by atoms with Gasteiger partial charge >= 0.3 is 5.97 Å². The van der Waals surface area contributed by atoms with Crippen molar-refractivity contribution < 1.29 is 19.2 Å². The molecule has 0 bridgehead atoms. The van der Waals surface area contributed by atoms with Gasteiger partial charge in [-0.15, -0.1) is 0 Å². The molecule has 5 heteroatoms. The zero-order chi connectivity index (χ0) is 16.7. The summed E-state index contributed by atoms with van der Waals surface area (Å²) in [5.74, 6) is -1.20. The molecule has 0 aliphatic rings. The van der Waals surface area contributed by atoms with Gasteiger partial charge in [0.15, 0.2) is 0 Å². The summed E-state index contributed by atoms with van der Waals surface area (Å²) in [4.78, 5) is 24.4. The van der Waals surface area contributed by atoms with Crippen molar-refractivity contribution in [3.05, 3.63) is 0 Å². The fourth-order valence-corrected chi connectivity index (χ4v) is 2.65. The summed E-state index contributed by atoms with van der Waals surface area (Å²) >= 11 is 0. The lowest BCUT2D eigenvalue weighted by Crippen LogP contribution is -2.71. The molecule has 2 N–H and O–H groups in total. The highest BCUT2D eigenvalue weighted by molar-refractivity contribution is 5.86. The summed E-state index contributed by atoms with van der Waals surface area (Å²) in [7, 11) is 5.45. The molecule has 0 radical (unpaired) electrons. The Bertz CT molecular complexity index is 350. The van der Waals surface area contributed by atoms with Crippen molar-refractivity contribution in [2.45, 2.75) is 65.0 Å². The number of rotatable bonds is 10. The summed E-state index contributed by atoms with van der Waals surface area (Å²) in [6.07, 6.45) is 4.71. The molecule has 124 valence electrons. The van der Waals surface area contributed by atoms with Gasteiger partial charge < -0.3 is 5.11 Å². The van der Waals surface area contributed by atoms with E-state index in [0.29, 0.717) is 12.8 Å². The van der Waals surface area contributed by atoms with Crippen LogP contribution in [0.2, 0.25) is 0 Å². The Morgan fingerprint density at radius 3 is 2.05 bits per heavy atom. The highest BCUT2D eigenvalue weighted by atomic mass is 16.4. The highest BCUT2D eigenvalue weighted by Gasteiger charge is 2.51. The van der Waals surface area contributed by atoms with Crippen LogP contribution in [0.5, 0.6) is 0 Å². The van der Waals surface area contributed by atoms with Crippen molar-refractivity contribution in [1.29, 1.82) is 0 Å². The predicted octanol–water partition coefficient (Wildman–Crippen LogP) is 2.61. The van der Waals surface area contributed by atoms with Gasteiger partial charge in [-0.25, -0.2) is 4.79 Å². The quantitative estimate of drug-likeness (QED) is 0.481. The third-order valence-corrected chi connectivity index (χ3v) is 4.21. The van der Waals surface area contributed by atoms with Gasteiger partial charge in [0, 0.05) is 12.3 Å². The number of likely N-dealkylation sites (N-methyl/N-ethyl adjacent to an activating group) is 1. The maximum absolute atomic E-state index is 12.5. The topological polar surface area (TPSA) is 66.4 Å². The number of aliphatic carboxylic acids is 1. The first-order chi connectivity index (χ1) is 9.66. The molecule has 0 aliphatic heterocycles. The van der Waals surface area contributed by atoms with Gasteiger partial charge in [0.05, 0.1) is 21.1 Å². The summed E-state index contributed by atoms with van der Waals surface area (Å²) < 4.78 is 0.173. The summed E-state index contributed by atoms with van der Waals surface area (Å²) in [6.45, 7) is 6.01. The van der Waals surface area contributed by atoms with E-state index < -0.39 is 11.6 Å². The average Bonchev–Trinajstić information content (AvgIpc) is 2.37. The molecule has 5 nitrogen and oxygen atoms in total. The Kier molecular flexibility index (Phi) is 7.93. The van der Waals surface area contributed by atoms with Gasteiger partial charge in [0.1, 0.15) is 0 Å². The first-order valence-electron chi connectivity index (χ1n) is 8.03. The predicted molar refractivity (Wildman–Crippen MR) is 84.8 cm³/mol. The lowest BCUT2D eigenvalue weighted by molar-refractivity contribution is -0.917. The van der Waals surface area contributed by atoms with Gasteiger partial charge in [0.25, 0.3) is 5.66 Å². The van der Waals surface area contributed by atoms with Crippen LogP contribution in [0.1, 0.15) is 59.3 Å². The third kappa shape index (κ3) is 4.99. The number of amides is 1. The Labute approximate surface area is 129 Å². The minimum atomic E-state index is -1.26. The fraction of sp³-hybridized carbons (Fsp3) is 0.875. The molecule has 0 aromatic carbocycles. The molecule has 1 amide bonds. The Balaban J connectivity index is 5.29. The second-order valence-corrected chi connectivity index (χ2v) is 6.66. The van der Waals surface area contributed by atoms with Gasteiger partial charge in [-0.2, -0.15) is 0 Å². The average molecular weight is 301 g/mol. The molecule has 21 heavy (non-hydrogen) atoms. The lowest BCUT2D eigenvalue weighted by atomic mass is 9.95. The molecular weight excluding hydrogens is 268 g/mol. The van der Waals surface area contributed by atoms with Crippen LogP contribution in [0.4, 0.5) is 0 Å². The summed E-state index contributed by atoms with van der Waals surface area (Å²) in [6, 6.07) is 0. The van der Waals surface area contributed by atoms with E-state index in [1.165, 1.54) is 0 Å². The van der Waals surface area contributed by atoms with Crippen LogP contribution in [0, 0.1) is 5.92 Å². The molecule has 0 heterocycles. The first-order valence-corrected chi connectivity index (χ1v) is 8.03. The maximum atomic E-state index is 12.5. The van der Waals surface area contributed by atoms with Crippen molar-refractivity contribution in [1.82, 2.24) is 5.32 Å².